The Kier molecular flexibility index (Phi) is 27.2. The standard InChI is InChI=1S/C16H22BrNO4S.C9H11Br2NS.C7H12O4/c1-4-21-15(19)14(16(20)22-5-2)12(8-9-23-3)11-6-7-13(17)18-10-11;1-13-5-4-8(10)7-2-3-9(11)12-6-7;1-3-10-6(8)5-7(9)11-4-2/h6-7,10,12,14H,4-5,8-9H2,1-3H3;2-3,6,8H,4-5H2,1H3;3-5H2,1-2H3. The van der Waals surface area contributed by atoms with Gasteiger partial charge in [-0.05, 0) is 120 Å². The molecule has 0 amide bonds. The molecule has 0 saturated carbocycles. The second-order valence-electron chi connectivity index (χ2n) is 9.23. The van der Waals surface area contributed by atoms with Crippen LogP contribution in [0, 0.1) is 5.92 Å². The molecule has 0 aliphatic carbocycles. The molecular weight excluding hydrogens is 844 g/mol. The lowest BCUT2D eigenvalue weighted by Gasteiger charge is -2.24. The van der Waals surface area contributed by atoms with Gasteiger partial charge in [-0.3, -0.25) is 19.2 Å². The van der Waals surface area contributed by atoms with Gasteiger partial charge >= 0.3 is 23.9 Å². The molecule has 0 spiro atoms. The van der Waals surface area contributed by atoms with Crippen molar-refractivity contribution in [3.8, 4) is 0 Å². The fourth-order valence-corrected chi connectivity index (χ4v) is 6.00. The van der Waals surface area contributed by atoms with Gasteiger partial charge in [-0.1, -0.05) is 28.1 Å². The first-order chi connectivity index (χ1) is 22.5. The van der Waals surface area contributed by atoms with Crippen LogP contribution in [0.15, 0.2) is 45.9 Å². The summed E-state index contributed by atoms with van der Waals surface area (Å²) in [5, 5.41) is 0. The number of nitrogens with zero attached hydrogens (tertiary/aromatic N) is 2. The van der Waals surface area contributed by atoms with E-state index < -0.39 is 29.8 Å². The minimum absolute atomic E-state index is 0.225. The predicted octanol–water partition coefficient (Wildman–Crippen LogP) is 7.96. The molecule has 0 aliphatic heterocycles. The molecule has 0 aliphatic rings. The number of hydrogen-bond donors (Lipinski definition) is 0. The fraction of sp³-hybridized carbons (Fsp3) is 0.562. The van der Waals surface area contributed by atoms with E-state index in [1.807, 2.05) is 36.3 Å². The van der Waals surface area contributed by atoms with E-state index in [1.54, 1.807) is 51.7 Å². The summed E-state index contributed by atoms with van der Waals surface area (Å²) in [4.78, 5) is 54.7. The largest absolute Gasteiger partial charge is 0.466 e. The van der Waals surface area contributed by atoms with Crippen molar-refractivity contribution in [2.45, 2.75) is 57.7 Å². The van der Waals surface area contributed by atoms with Gasteiger partial charge in [0.1, 0.15) is 15.6 Å². The lowest BCUT2D eigenvalue weighted by atomic mass is 9.84. The molecule has 2 atom stereocenters. The Morgan fingerprint density at radius 2 is 1.11 bits per heavy atom. The summed E-state index contributed by atoms with van der Waals surface area (Å²) in [6, 6.07) is 7.74. The van der Waals surface area contributed by atoms with Crippen LogP contribution in [0.4, 0.5) is 0 Å². The molecule has 0 N–H and O–H groups in total. The Bertz CT molecular complexity index is 1140. The summed E-state index contributed by atoms with van der Waals surface area (Å²) in [6.45, 7) is 7.84. The van der Waals surface area contributed by atoms with Gasteiger partial charge in [0.05, 0.1) is 26.4 Å². The zero-order chi connectivity index (χ0) is 35.6. The van der Waals surface area contributed by atoms with Crippen LogP contribution in [-0.2, 0) is 38.1 Å². The highest BCUT2D eigenvalue weighted by Crippen LogP contribution is 2.32. The molecule has 2 aromatic heterocycles. The van der Waals surface area contributed by atoms with Crippen molar-refractivity contribution in [2.24, 2.45) is 5.92 Å². The normalized spacial score (nSPS) is 11.5. The average Bonchev–Trinajstić information content (AvgIpc) is 3.03. The van der Waals surface area contributed by atoms with Gasteiger partial charge in [0.2, 0.25) is 0 Å². The minimum Gasteiger partial charge on any atom is -0.466 e. The molecule has 264 valence electrons. The molecule has 2 aromatic rings. The van der Waals surface area contributed by atoms with Gasteiger partial charge < -0.3 is 18.9 Å². The van der Waals surface area contributed by atoms with Gasteiger partial charge in [-0.2, -0.15) is 23.5 Å². The highest BCUT2D eigenvalue weighted by molar-refractivity contribution is 9.10. The van der Waals surface area contributed by atoms with Gasteiger partial charge in [-0.25, -0.2) is 9.97 Å². The van der Waals surface area contributed by atoms with E-state index in [0.29, 0.717) is 15.9 Å². The number of halogens is 3. The molecule has 0 bridgehead atoms. The second kappa shape index (κ2) is 28.2. The molecule has 0 aromatic carbocycles. The maximum Gasteiger partial charge on any atom is 0.320 e. The third-order valence-electron chi connectivity index (χ3n) is 5.88. The van der Waals surface area contributed by atoms with Crippen molar-refractivity contribution in [1.29, 1.82) is 0 Å². The first-order valence-electron chi connectivity index (χ1n) is 15.0. The predicted molar refractivity (Wildman–Crippen MR) is 199 cm³/mol. The summed E-state index contributed by atoms with van der Waals surface area (Å²) >= 11 is 13.8. The first-order valence-corrected chi connectivity index (χ1v) is 20.3. The number of carbonyl (C=O) groups excluding carboxylic acids is 4. The summed E-state index contributed by atoms with van der Waals surface area (Å²) < 4.78 is 20.8. The van der Waals surface area contributed by atoms with Crippen LogP contribution in [0.3, 0.4) is 0 Å². The Morgan fingerprint density at radius 1 is 0.681 bits per heavy atom. The molecule has 0 fully saturated rings. The number of alkyl halides is 1. The molecular formula is C32H45Br3N2O8S2. The topological polar surface area (TPSA) is 131 Å². The van der Waals surface area contributed by atoms with E-state index in [-0.39, 0.29) is 38.8 Å². The number of thioether (sulfide) groups is 2. The maximum atomic E-state index is 12.3. The lowest BCUT2D eigenvalue weighted by Crippen LogP contribution is -2.34. The van der Waals surface area contributed by atoms with Crippen molar-refractivity contribution in [3.05, 3.63) is 57.0 Å². The molecule has 2 unspecified atom stereocenters. The van der Waals surface area contributed by atoms with E-state index in [0.717, 1.165) is 22.3 Å². The Labute approximate surface area is 312 Å². The number of aromatic nitrogens is 2. The Hall–Kier alpha value is -1.68. The van der Waals surface area contributed by atoms with Crippen LogP contribution in [0.5, 0.6) is 0 Å². The number of carbonyl (C=O) groups is 4. The van der Waals surface area contributed by atoms with Crippen LogP contribution in [-0.4, -0.2) is 84.3 Å². The number of pyridine rings is 2. The number of ether oxygens (including phenoxy) is 4. The number of rotatable bonds is 17. The quantitative estimate of drug-likeness (QED) is 0.0502. The maximum absolute atomic E-state index is 12.3. The van der Waals surface area contributed by atoms with Gasteiger partial charge in [-0.15, -0.1) is 0 Å². The molecule has 2 heterocycles. The van der Waals surface area contributed by atoms with Crippen LogP contribution in [0.25, 0.3) is 0 Å². The van der Waals surface area contributed by atoms with E-state index in [1.165, 1.54) is 11.3 Å². The van der Waals surface area contributed by atoms with E-state index in [4.69, 9.17) is 9.47 Å². The zero-order valence-electron chi connectivity index (χ0n) is 27.7. The van der Waals surface area contributed by atoms with Crippen LogP contribution >= 0.6 is 71.3 Å². The van der Waals surface area contributed by atoms with Crippen molar-refractivity contribution in [2.75, 3.05) is 50.4 Å². The van der Waals surface area contributed by atoms with Crippen LogP contribution < -0.4 is 0 Å². The summed E-state index contributed by atoms with van der Waals surface area (Å²) in [6.07, 6.45) is 9.21. The Balaban J connectivity index is 0.000000744. The van der Waals surface area contributed by atoms with Gasteiger partial charge in [0.15, 0.2) is 5.92 Å². The monoisotopic (exact) mass is 886 g/mol. The van der Waals surface area contributed by atoms with E-state index >= 15 is 0 Å². The first kappa shape index (κ1) is 45.3. The number of esters is 4. The molecule has 15 heteroatoms. The summed E-state index contributed by atoms with van der Waals surface area (Å²) in [7, 11) is 0. The van der Waals surface area contributed by atoms with Gasteiger partial charge in [0.25, 0.3) is 0 Å². The molecule has 10 nitrogen and oxygen atoms in total. The highest BCUT2D eigenvalue weighted by atomic mass is 79.9. The molecule has 0 radical (unpaired) electrons. The third kappa shape index (κ3) is 20.4. The Morgan fingerprint density at radius 3 is 1.49 bits per heavy atom. The molecule has 2 rings (SSSR count). The fourth-order valence-electron chi connectivity index (χ4n) is 3.77. The van der Waals surface area contributed by atoms with Gasteiger partial charge in [0, 0.05) is 23.1 Å². The number of hydrogen-bond acceptors (Lipinski definition) is 12. The van der Waals surface area contributed by atoms with Crippen LogP contribution in [0.2, 0.25) is 0 Å². The average molecular weight is 890 g/mol. The molecule has 0 saturated heterocycles. The third-order valence-corrected chi connectivity index (χ3v) is 9.09. The van der Waals surface area contributed by atoms with Crippen molar-refractivity contribution in [1.82, 2.24) is 9.97 Å². The van der Waals surface area contributed by atoms with Crippen molar-refractivity contribution < 1.29 is 38.1 Å². The highest BCUT2D eigenvalue weighted by Gasteiger charge is 2.38. The zero-order valence-corrected chi connectivity index (χ0v) is 34.1. The van der Waals surface area contributed by atoms with Crippen molar-refractivity contribution in [3.63, 3.8) is 0 Å². The van der Waals surface area contributed by atoms with E-state index in [2.05, 4.69) is 79.6 Å². The second-order valence-corrected chi connectivity index (χ2v) is 13.9. The molecule has 47 heavy (non-hydrogen) atoms. The lowest BCUT2D eigenvalue weighted by molar-refractivity contribution is -0.163. The summed E-state index contributed by atoms with van der Waals surface area (Å²) in [5.41, 5.74) is 2.07. The smallest absolute Gasteiger partial charge is 0.320 e. The summed E-state index contributed by atoms with van der Waals surface area (Å²) in [5.74, 6) is -1.45. The van der Waals surface area contributed by atoms with Crippen LogP contribution in [0.1, 0.15) is 68.8 Å². The SMILES string of the molecule is CCOC(=O)C(C(=O)OCC)C(CCSC)c1ccc(Br)nc1.CCOC(=O)CC(=O)OCC.CSCCC(Br)c1ccc(Br)nc1. The van der Waals surface area contributed by atoms with E-state index in [9.17, 15) is 19.2 Å². The minimum atomic E-state index is -0.968. The van der Waals surface area contributed by atoms with Crippen molar-refractivity contribution >= 4 is 95.2 Å².